The molecule has 1 fully saturated rings. The van der Waals surface area contributed by atoms with Crippen molar-refractivity contribution in [2.75, 3.05) is 18.4 Å². The third-order valence-corrected chi connectivity index (χ3v) is 4.78. The number of carbonyl (C=O) groups is 1. The molecular formula is C13H16Br2N2O. The van der Waals surface area contributed by atoms with Crippen LogP contribution in [0.4, 0.5) is 5.69 Å². The SMILES string of the molecule is CC1(C(=O)Nc2c(Br)cccc2Br)CCNCC1. The summed E-state index contributed by atoms with van der Waals surface area (Å²) in [5, 5.41) is 6.31. The Hall–Kier alpha value is -0.390. The average molecular weight is 376 g/mol. The molecule has 0 aromatic heterocycles. The maximum Gasteiger partial charge on any atom is 0.230 e. The summed E-state index contributed by atoms with van der Waals surface area (Å²) in [5.41, 5.74) is 0.530. The van der Waals surface area contributed by atoms with Crippen LogP contribution in [-0.4, -0.2) is 19.0 Å². The smallest absolute Gasteiger partial charge is 0.230 e. The van der Waals surface area contributed by atoms with Crippen molar-refractivity contribution in [3.8, 4) is 0 Å². The van der Waals surface area contributed by atoms with Gasteiger partial charge in [-0.15, -0.1) is 0 Å². The fourth-order valence-corrected chi connectivity index (χ4v) is 3.28. The van der Waals surface area contributed by atoms with Gasteiger partial charge in [-0.3, -0.25) is 4.79 Å². The first-order valence-electron chi connectivity index (χ1n) is 5.99. The standard InChI is InChI=1S/C13H16Br2N2O/c1-13(5-7-16-8-6-13)12(18)17-11-9(14)3-2-4-10(11)15/h2-4,16H,5-8H2,1H3,(H,17,18). The predicted octanol–water partition coefficient (Wildman–Crippen LogP) is 3.54. The molecule has 5 heteroatoms. The Morgan fingerprint density at radius 1 is 1.28 bits per heavy atom. The second-order valence-corrected chi connectivity index (χ2v) is 6.57. The van der Waals surface area contributed by atoms with Gasteiger partial charge in [0.2, 0.25) is 5.91 Å². The van der Waals surface area contributed by atoms with Gasteiger partial charge in [0.05, 0.1) is 5.69 Å². The fourth-order valence-electron chi connectivity index (χ4n) is 2.09. The van der Waals surface area contributed by atoms with E-state index in [0.717, 1.165) is 40.6 Å². The number of amides is 1. The number of nitrogens with one attached hydrogen (secondary N) is 2. The molecule has 1 heterocycles. The minimum absolute atomic E-state index is 0.0941. The molecule has 1 amide bonds. The van der Waals surface area contributed by atoms with E-state index in [-0.39, 0.29) is 11.3 Å². The van der Waals surface area contributed by atoms with Crippen molar-refractivity contribution in [3.05, 3.63) is 27.1 Å². The van der Waals surface area contributed by atoms with Gasteiger partial charge in [-0.1, -0.05) is 13.0 Å². The Balaban J connectivity index is 2.16. The van der Waals surface area contributed by atoms with Gasteiger partial charge in [0.25, 0.3) is 0 Å². The van der Waals surface area contributed by atoms with Crippen LogP contribution in [0.3, 0.4) is 0 Å². The molecule has 0 spiro atoms. The molecule has 2 rings (SSSR count). The summed E-state index contributed by atoms with van der Waals surface area (Å²) in [5.74, 6) is 0.0941. The Morgan fingerprint density at radius 3 is 2.39 bits per heavy atom. The van der Waals surface area contributed by atoms with Gasteiger partial charge < -0.3 is 10.6 Å². The molecule has 0 atom stereocenters. The van der Waals surface area contributed by atoms with E-state index in [1.165, 1.54) is 0 Å². The van der Waals surface area contributed by atoms with E-state index in [0.29, 0.717) is 0 Å². The molecule has 1 aliphatic heterocycles. The zero-order chi connectivity index (χ0) is 13.2. The molecule has 0 unspecified atom stereocenters. The average Bonchev–Trinajstić information content (AvgIpc) is 2.34. The number of anilines is 1. The van der Waals surface area contributed by atoms with Crippen molar-refractivity contribution in [2.24, 2.45) is 5.41 Å². The molecule has 18 heavy (non-hydrogen) atoms. The van der Waals surface area contributed by atoms with Gasteiger partial charge in [-0.25, -0.2) is 0 Å². The molecule has 1 aromatic carbocycles. The highest BCUT2D eigenvalue weighted by Crippen LogP contribution is 2.34. The normalized spacial score (nSPS) is 18.4. The highest BCUT2D eigenvalue weighted by atomic mass is 79.9. The van der Waals surface area contributed by atoms with E-state index >= 15 is 0 Å². The van der Waals surface area contributed by atoms with E-state index in [9.17, 15) is 4.79 Å². The lowest BCUT2D eigenvalue weighted by Crippen LogP contribution is -2.42. The van der Waals surface area contributed by atoms with Gasteiger partial charge in [0.1, 0.15) is 0 Å². The van der Waals surface area contributed by atoms with Crippen molar-refractivity contribution in [2.45, 2.75) is 19.8 Å². The molecule has 2 N–H and O–H groups in total. The summed E-state index contributed by atoms with van der Waals surface area (Å²) >= 11 is 6.92. The lowest BCUT2D eigenvalue weighted by Gasteiger charge is -2.32. The number of rotatable bonds is 2. The van der Waals surface area contributed by atoms with Crippen molar-refractivity contribution in [1.29, 1.82) is 0 Å². The molecule has 1 saturated heterocycles. The first kappa shape index (κ1) is 14.0. The van der Waals surface area contributed by atoms with Gasteiger partial charge in [0.15, 0.2) is 0 Å². The maximum atomic E-state index is 12.4. The van der Waals surface area contributed by atoms with E-state index in [1.807, 2.05) is 25.1 Å². The Bertz CT molecular complexity index is 436. The molecule has 0 aliphatic carbocycles. The summed E-state index contributed by atoms with van der Waals surface area (Å²) in [6.07, 6.45) is 1.75. The van der Waals surface area contributed by atoms with Crippen LogP contribution in [0.2, 0.25) is 0 Å². The first-order chi connectivity index (χ1) is 8.53. The molecule has 98 valence electrons. The topological polar surface area (TPSA) is 41.1 Å². The Labute approximate surface area is 124 Å². The summed E-state index contributed by atoms with van der Waals surface area (Å²) in [6, 6.07) is 5.77. The highest BCUT2D eigenvalue weighted by molar-refractivity contribution is 9.11. The third kappa shape index (κ3) is 2.95. The summed E-state index contributed by atoms with van der Waals surface area (Å²) in [6.45, 7) is 3.84. The molecule has 0 bridgehead atoms. The minimum atomic E-state index is -0.278. The van der Waals surface area contributed by atoms with E-state index in [4.69, 9.17) is 0 Å². The molecule has 0 radical (unpaired) electrons. The fraction of sp³-hybridized carbons (Fsp3) is 0.462. The zero-order valence-electron chi connectivity index (χ0n) is 10.2. The monoisotopic (exact) mass is 374 g/mol. The number of halogens is 2. The van der Waals surface area contributed by atoms with Gasteiger partial charge in [-0.05, 0) is 69.9 Å². The van der Waals surface area contributed by atoms with Gasteiger partial charge in [-0.2, -0.15) is 0 Å². The van der Waals surface area contributed by atoms with Crippen molar-refractivity contribution in [3.63, 3.8) is 0 Å². The van der Waals surface area contributed by atoms with Crippen LogP contribution < -0.4 is 10.6 Å². The van der Waals surface area contributed by atoms with Crippen LogP contribution in [0.1, 0.15) is 19.8 Å². The molecule has 1 aliphatic rings. The number of hydrogen-bond donors (Lipinski definition) is 2. The third-order valence-electron chi connectivity index (χ3n) is 3.46. The number of piperidine rings is 1. The summed E-state index contributed by atoms with van der Waals surface area (Å²) < 4.78 is 1.78. The number of carbonyl (C=O) groups excluding carboxylic acids is 1. The van der Waals surface area contributed by atoms with Crippen molar-refractivity contribution in [1.82, 2.24) is 5.32 Å². The molecule has 0 saturated carbocycles. The molecule has 3 nitrogen and oxygen atoms in total. The number of benzene rings is 1. The summed E-state index contributed by atoms with van der Waals surface area (Å²) in [4.78, 5) is 12.4. The van der Waals surface area contributed by atoms with Crippen molar-refractivity contribution >= 4 is 43.5 Å². The van der Waals surface area contributed by atoms with Crippen LogP contribution in [0.5, 0.6) is 0 Å². The van der Waals surface area contributed by atoms with E-state index in [2.05, 4.69) is 42.5 Å². The van der Waals surface area contributed by atoms with Gasteiger partial charge in [0, 0.05) is 14.4 Å². The Morgan fingerprint density at radius 2 is 1.83 bits per heavy atom. The van der Waals surface area contributed by atoms with E-state index in [1.54, 1.807) is 0 Å². The van der Waals surface area contributed by atoms with Crippen LogP contribution in [0.25, 0.3) is 0 Å². The lowest BCUT2D eigenvalue weighted by molar-refractivity contribution is -0.126. The minimum Gasteiger partial charge on any atom is -0.324 e. The molecule has 1 aromatic rings. The number of hydrogen-bond acceptors (Lipinski definition) is 2. The second-order valence-electron chi connectivity index (χ2n) is 4.86. The zero-order valence-corrected chi connectivity index (χ0v) is 13.4. The molecular weight excluding hydrogens is 360 g/mol. The van der Waals surface area contributed by atoms with Crippen molar-refractivity contribution < 1.29 is 4.79 Å². The largest absolute Gasteiger partial charge is 0.324 e. The van der Waals surface area contributed by atoms with Crippen LogP contribution in [0, 0.1) is 5.41 Å². The maximum absolute atomic E-state index is 12.4. The summed E-state index contributed by atoms with van der Waals surface area (Å²) in [7, 11) is 0. The van der Waals surface area contributed by atoms with E-state index < -0.39 is 0 Å². The number of para-hydroxylation sites is 1. The quantitative estimate of drug-likeness (QED) is 0.829. The first-order valence-corrected chi connectivity index (χ1v) is 7.58. The van der Waals surface area contributed by atoms with Crippen LogP contribution in [0.15, 0.2) is 27.1 Å². The predicted molar refractivity (Wildman–Crippen MR) is 80.7 cm³/mol. The van der Waals surface area contributed by atoms with Gasteiger partial charge >= 0.3 is 0 Å². The van der Waals surface area contributed by atoms with Crippen LogP contribution >= 0.6 is 31.9 Å². The Kier molecular flexibility index (Phi) is 4.45. The highest BCUT2D eigenvalue weighted by Gasteiger charge is 2.34. The second kappa shape index (κ2) is 5.72. The lowest BCUT2D eigenvalue weighted by atomic mass is 9.80. The van der Waals surface area contributed by atoms with Crippen LogP contribution in [-0.2, 0) is 4.79 Å².